The molecule has 0 aromatic carbocycles. The van der Waals surface area contributed by atoms with Gasteiger partial charge < -0.3 is 33.8 Å². The van der Waals surface area contributed by atoms with Crippen LogP contribution in [0.1, 0.15) is 394 Å². The molecule has 0 aromatic heterocycles. The minimum Gasteiger partial charge on any atom is -0.462 e. The van der Waals surface area contributed by atoms with E-state index in [1.165, 1.54) is 212 Å². The first-order valence-electron chi connectivity index (χ1n) is 39.1. The highest BCUT2D eigenvalue weighted by atomic mass is 31.2. The van der Waals surface area contributed by atoms with Crippen molar-refractivity contribution < 1.29 is 80.2 Å². The number of hydrogen-bond donors (Lipinski definition) is 3. The van der Waals surface area contributed by atoms with Crippen molar-refractivity contribution in [1.82, 2.24) is 0 Å². The molecule has 0 aliphatic carbocycles. The van der Waals surface area contributed by atoms with Crippen molar-refractivity contribution >= 4 is 39.5 Å². The summed E-state index contributed by atoms with van der Waals surface area (Å²) in [7, 11) is -9.89. The Morgan fingerprint density at radius 3 is 0.723 bits per heavy atom. The Morgan fingerprint density at radius 2 is 0.489 bits per heavy atom. The monoisotopic (exact) mass is 1380 g/mol. The quantitative estimate of drug-likeness (QED) is 0.0222. The second-order valence-corrected chi connectivity index (χ2v) is 30.4. The lowest BCUT2D eigenvalue weighted by Gasteiger charge is -2.21. The fourth-order valence-corrected chi connectivity index (χ4v) is 13.1. The molecular formula is C75H146O17P2. The minimum absolute atomic E-state index is 0.106. The van der Waals surface area contributed by atoms with Crippen LogP contribution in [0.5, 0.6) is 0 Å². The van der Waals surface area contributed by atoms with E-state index in [9.17, 15) is 43.2 Å². The SMILES string of the molecule is CCCCCCCCCCCCCCCCCCCCCCC(=O)O[C@H](COC(=O)CCCCCCCCCCCCCCCCCCC(C)C)COP(=O)(O)OC[C@@H](O)COP(=O)(O)OC[C@@H](COC(=O)CCCCCCC)OC(=O)CCCCCCCCCCCC. The molecule has 558 valence electrons. The minimum atomic E-state index is -4.95. The lowest BCUT2D eigenvalue weighted by atomic mass is 10.0. The van der Waals surface area contributed by atoms with E-state index in [-0.39, 0.29) is 25.7 Å². The van der Waals surface area contributed by atoms with Crippen LogP contribution >= 0.6 is 15.6 Å². The second-order valence-electron chi connectivity index (χ2n) is 27.5. The highest BCUT2D eigenvalue weighted by Gasteiger charge is 2.30. The lowest BCUT2D eigenvalue weighted by Crippen LogP contribution is -2.30. The molecule has 0 amide bonds. The average molecular weight is 1380 g/mol. The van der Waals surface area contributed by atoms with Crippen LogP contribution < -0.4 is 0 Å². The molecule has 5 atom stereocenters. The van der Waals surface area contributed by atoms with E-state index in [0.29, 0.717) is 25.7 Å². The van der Waals surface area contributed by atoms with Crippen molar-refractivity contribution in [3.63, 3.8) is 0 Å². The summed E-state index contributed by atoms with van der Waals surface area (Å²) in [5.41, 5.74) is 0. The fourth-order valence-electron chi connectivity index (χ4n) is 11.5. The molecule has 19 heteroatoms. The first-order valence-corrected chi connectivity index (χ1v) is 42.1. The van der Waals surface area contributed by atoms with Gasteiger partial charge in [-0.15, -0.1) is 0 Å². The van der Waals surface area contributed by atoms with Crippen LogP contribution in [0.2, 0.25) is 0 Å². The fraction of sp³-hybridized carbons (Fsp3) is 0.947. The first-order chi connectivity index (χ1) is 45.5. The standard InChI is InChI=1S/C75H146O17P2/c1-6-9-12-15-17-19-21-22-23-24-25-26-27-32-35-38-42-46-51-56-61-75(80)92-71(65-86-73(78)59-54-49-44-41-37-34-31-29-28-30-33-36-39-43-48-52-57-68(4)5)67-90-94(83,84)88-63-69(76)62-87-93(81,82)89-66-70(64-85-72(77)58-53-47-14-11-8-3)91-74(79)60-55-50-45-40-20-18-16-13-10-7-2/h68-71,76H,6-67H2,1-5H3,(H,81,82)(H,83,84)/t69-,70+,71+/m0/s1. The van der Waals surface area contributed by atoms with E-state index in [4.69, 9.17) is 37.0 Å². The molecule has 0 aromatic rings. The third-order valence-corrected chi connectivity index (χ3v) is 19.4. The molecule has 0 bridgehead atoms. The van der Waals surface area contributed by atoms with Gasteiger partial charge in [0.25, 0.3) is 0 Å². The average Bonchev–Trinajstić information content (AvgIpc) is 2.05. The predicted octanol–water partition coefficient (Wildman–Crippen LogP) is 22.1. The Balaban J connectivity index is 5.11. The maximum Gasteiger partial charge on any atom is 0.472 e. The molecule has 0 heterocycles. The summed E-state index contributed by atoms with van der Waals surface area (Å²) in [6.07, 6.45) is 57.4. The summed E-state index contributed by atoms with van der Waals surface area (Å²) in [5.74, 6) is -1.32. The number of carbonyl (C=O) groups excluding carboxylic acids is 4. The van der Waals surface area contributed by atoms with Crippen LogP contribution in [0.15, 0.2) is 0 Å². The maximum atomic E-state index is 13.1. The van der Waals surface area contributed by atoms with Crippen molar-refractivity contribution in [1.29, 1.82) is 0 Å². The largest absolute Gasteiger partial charge is 0.472 e. The predicted molar refractivity (Wildman–Crippen MR) is 382 cm³/mol. The van der Waals surface area contributed by atoms with E-state index in [1.54, 1.807) is 0 Å². The molecule has 3 N–H and O–H groups in total. The van der Waals surface area contributed by atoms with Gasteiger partial charge in [-0.3, -0.25) is 37.3 Å². The van der Waals surface area contributed by atoms with Crippen LogP contribution in [-0.2, 0) is 65.4 Å². The zero-order chi connectivity index (χ0) is 69.1. The van der Waals surface area contributed by atoms with Gasteiger partial charge in [0.15, 0.2) is 12.2 Å². The van der Waals surface area contributed by atoms with Gasteiger partial charge in [0.05, 0.1) is 26.4 Å². The zero-order valence-corrected chi connectivity index (χ0v) is 62.9. The third kappa shape index (κ3) is 68.6. The molecule has 17 nitrogen and oxygen atoms in total. The summed E-state index contributed by atoms with van der Waals surface area (Å²) in [6.45, 7) is 7.21. The number of unbranched alkanes of at least 4 members (excludes halogenated alkanes) is 47. The Morgan fingerprint density at radius 1 is 0.287 bits per heavy atom. The van der Waals surface area contributed by atoms with Crippen molar-refractivity contribution in [2.45, 2.75) is 412 Å². The summed E-state index contributed by atoms with van der Waals surface area (Å²) in [6, 6.07) is 0. The molecule has 0 saturated heterocycles. The van der Waals surface area contributed by atoms with Gasteiger partial charge in [0.2, 0.25) is 0 Å². The van der Waals surface area contributed by atoms with Crippen LogP contribution in [0.4, 0.5) is 0 Å². The highest BCUT2D eigenvalue weighted by Crippen LogP contribution is 2.45. The highest BCUT2D eigenvalue weighted by molar-refractivity contribution is 7.47. The Bertz CT molecular complexity index is 1810. The Kier molecular flexibility index (Phi) is 66.8. The normalized spacial score (nSPS) is 14.0. The summed E-state index contributed by atoms with van der Waals surface area (Å²) >= 11 is 0. The van der Waals surface area contributed by atoms with Gasteiger partial charge in [0.1, 0.15) is 19.3 Å². The molecular weight excluding hydrogens is 1230 g/mol. The molecule has 94 heavy (non-hydrogen) atoms. The van der Waals surface area contributed by atoms with Crippen LogP contribution in [0.25, 0.3) is 0 Å². The number of rotatable bonds is 75. The van der Waals surface area contributed by atoms with Gasteiger partial charge >= 0.3 is 39.5 Å². The Hall–Kier alpha value is -1.94. The molecule has 0 aliphatic rings. The summed E-state index contributed by atoms with van der Waals surface area (Å²) < 4.78 is 68.2. The number of phosphoric ester groups is 2. The van der Waals surface area contributed by atoms with Gasteiger partial charge in [-0.2, -0.15) is 0 Å². The number of ether oxygens (including phenoxy) is 4. The molecule has 0 rings (SSSR count). The van der Waals surface area contributed by atoms with Crippen molar-refractivity contribution in [3.05, 3.63) is 0 Å². The molecule has 0 radical (unpaired) electrons. The van der Waals surface area contributed by atoms with Gasteiger partial charge in [-0.05, 0) is 31.6 Å². The summed E-state index contributed by atoms with van der Waals surface area (Å²) in [4.78, 5) is 72.4. The van der Waals surface area contributed by atoms with E-state index in [0.717, 1.165) is 102 Å². The second kappa shape index (κ2) is 68.2. The zero-order valence-electron chi connectivity index (χ0n) is 61.1. The maximum absolute atomic E-state index is 13.1. The molecule has 0 spiro atoms. The number of hydrogen-bond acceptors (Lipinski definition) is 15. The molecule has 2 unspecified atom stereocenters. The van der Waals surface area contributed by atoms with Crippen LogP contribution in [0.3, 0.4) is 0 Å². The van der Waals surface area contributed by atoms with Crippen LogP contribution in [0, 0.1) is 5.92 Å². The lowest BCUT2D eigenvalue weighted by molar-refractivity contribution is -0.161. The summed E-state index contributed by atoms with van der Waals surface area (Å²) in [5, 5.41) is 10.6. The van der Waals surface area contributed by atoms with Crippen molar-refractivity contribution in [3.8, 4) is 0 Å². The van der Waals surface area contributed by atoms with Crippen LogP contribution in [-0.4, -0.2) is 96.7 Å². The topological polar surface area (TPSA) is 237 Å². The first kappa shape index (κ1) is 92.1. The Labute approximate surface area is 575 Å². The third-order valence-electron chi connectivity index (χ3n) is 17.5. The number of aliphatic hydroxyl groups excluding tert-OH is 1. The molecule has 0 saturated carbocycles. The number of carbonyl (C=O) groups is 4. The molecule has 0 aliphatic heterocycles. The number of esters is 4. The smallest absolute Gasteiger partial charge is 0.462 e. The van der Waals surface area contributed by atoms with Gasteiger partial charge in [-0.25, -0.2) is 9.13 Å². The van der Waals surface area contributed by atoms with Gasteiger partial charge in [-0.1, -0.05) is 343 Å². The van der Waals surface area contributed by atoms with Gasteiger partial charge in [0, 0.05) is 25.7 Å². The van der Waals surface area contributed by atoms with E-state index in [2.05, 4.69) is 34.6 Å². The number of aliphatic hydroxyl groups is 1. The van der Waals surface area contributed by atoms with E-state index < -0.39 is 97.5 Å². The van der Waals surface area contributed by atoms with E-state index in [1.807, 2.05) is 0 Å². The van der Waals surface area contributed by atoms with Crippen molar-refractivity contribution in [2.75, 3.05) is 39.6 Å². The van der Waals surface area contributed by atoms with Crippen molar-refractivity contribution in [2.24, 2.45) is 5.92 Å². The number of phosphoric acid groups is 2. The van der Waals surface area contributed by atoms with E-state index >= 15 is 0 Å². The molecule has 0 fully saturated rings.